The van der Waals surface area contributed by atoms with Gasteiger partial charge in [0.2, 0.25) is 0 Å². The molecule has 0 aromatic heterocycles. The summed E-state index contributed by atoms with van der Waals surface area (Å²) in [5.41, 5.74) is 4.05. The van der Waals surface area contributed by atoms with Gasteiger partial charge in [0.15, 0.2) is 0 Å². The maximum Gasteiger partial charge on any atom is 0.434 e. The van der Waals surface area contributed by atoms with Crippen molar-refractivity contribution in [2.45, 2.75) is 26.1 Å². The third-order valence-electron chi connectivity index (χ3n) is 6.53. The van der Waals surface area contributed by atoms with Crippen LogP contribution in [0.4, 0.5) is 10.5 Å². The van der Waals surface area contributed by atoms with Gasteiger partial charge in [0.05, 0.1) is 25.9 Å². The van der Waals surface area contributed by atoms with Crippen molar-refractivity contribution in [1.82, 2.24) is 9.96 Å². The van der Waals surface area contributed by atoms with Gasteiger partial charge in [-0.25, -0.2) is 9.59 Å². The molecule has 3 aromatic carbocycles. The molecule has 1 saturated heterocycles. The van der Waals surface area contributed by atoms with Crippen molar-refractivity contribution in [1.29, 1.82) is 0 Å². The molecule has 8 heteroatoms. The highest BCUT2D eigenvalue weighted by Crippen LogP contribution is 2.31. The van der Waals surface area contributed by atoms with Gasteiger partial charge in [0.25, 0.3) is 0 Å². The molecule has 1 heterocycles. The summed E-state index contributed by atoms with van der Waals surface area (Å²) in [6.45, 7) is 5.01. The number of hydrogen-bond donors (Lipinski definition) is 0. The van der Waals surface area contributed by atoms with Gasteiger partial charge in [0, 0.05) is 45.2 Å². The standard InChI is InChI=1S/C31H35N3O5/c1-37-30-15-14-28(22-29(30)33-18-16-32(17-19-33)23-26-10-4-2-5-11-26)24-34(39-21-9-8-20-35)31(36)38-25-27-12-6-3-7-13-27/h2-8,10-15,22H,9,16-19,21,23-25H2,1H3. The van der Waals surface area contributed by atoms with Crippen molar-refractivity contribution in [2.75, 3.05) is 44.8 Å². The molecule has 39 heavy (non-hydrogen) atoms. The molecule has 4 rings (SSSR count). The first-order chi connectivity index (χ1) is 19.2. The molecule has 8 nitrogen and oxygen atoms in total. The normalized spacial score (nSPS) is 13.4. The quantitative estimate of drug-likeness (QED) is 0.188. The van der Waals surface area contributed by atoms with Crippen molar-refractivity contribution in [3.05, 3.63) is 102 Å². The lowest BCUT2D eigenvalue weighted by atomic mass is 10.1. The molecule has 0 unspecified atom stereocenters. The van der Waals surface area contributed by atoms with E-state index in [0.717, 1.165) is 55.3 Å². The largest absolute Gasteiger partial charge is 0.495 e. The van der Waals surface area contributed by atoms with Crippen molar-refractivity contribution < 1.29 is 23.9 Å². The predicted molar refractivity (Wildman–Crippen MR) is 150 cm³/mol. The van der Waals surface area contributed by atoms with E-state index in [2.05, 4.69) is 34.1 Å². The molecule has 1 aliphatic rings. The van der Waals surface area contributed by atoms with Gasteiger partial charge in [-0.3, -0.25) is 9.74 Å². The number of anilines is 1. The van der Waals surface area contributed by atoms with Crippen LogP contribution in [0.1, 0.15) is 23.1 Å². The summed E-state index contributed by atoms with van der Waals surface area (Å²) >= 11 is 0. The first-order valence-electron chi connectivity index (χ1n) is 13.1. The molecular weight excluding hydrogens is 494 g/mol. The Labute approximate surface area is 229 Å². The second-order valence-electron chi connectivity index (χ2n) is 9.28. The maximum atomic E-state index is 12.9. The summed E-state index contributed by atoms with van der Waals surface area (Å²) in [6, 6.07) is 25.9. The van der Waals surface area contributed by atoms with Crippen molar-refractivity contribution in [3.8, 4) is 5.75 Å². The van der Waals surface area contributed by atoms with Gasteiger partial charge < -0.3 is 14.4 Å². The fourth-order valence-electron chi connectivity index (χ4n) is 4.47. The van der Waals surface area contributed by atoms with E-state index in [-0.39, 0.29) is 19.8 Å². The van der Waals surface area contributed by atoms with Gasteiger partial charge in [0.1, 0.15) is 18.3 Å². The minimum atomic E-state index is -0.596. The molecule has 0 spiro atoms. The minimum absolute atomic E-state index is 0.134. The van der Waals surface area contributed by atoms with Gasteiger partial charge in [-0.05, 0) is 28.8 Å². The second kappa shape index (κ2) is 14.7. The van der Waals surface area contributed by atoms with Gasteiger partial charge in [-0.1, -0.05) is 66.7 Å². The van der Waals surface area contributed by atoms with Crippen LogP contribution in [0.25, 0.3) is 0 Å². The monoisotopic (exact) mass is 529 g/mol. The van der Waals surface area contributed by atoms with E-state index in [0.29, 0.717) is 6.42 Å². The third-order valence-corrected chi connectivity index (χ3v) is 6.53. The van der Waals surface area contributed by atoms with Gasteiger partial charge in [-0.15, -0.1) is 0 Å². The van der Waals surface area contributed by atoms with Crippen LogP contribution in [0, 0.1) is 0 Å². The van der Waals surface area contributed by atoms with Crippen LogP contribution in [-0.4, -0.2) is 61.9 Å². The molecule has 0 N–H and O–H groups in total. The summed E-state index contributed by atoms with van der Waals surface area (Å²) < 4.78 is 11.2. The highest BCUT2D eigenvalue weighted by Gasteiger charge is 2.22. The topological polar surface area (TPSA) is 71.5 Å². The van der Waals surface area contributed by atoms with Crippen LogP contribution in [0.2, 0.25) is 0 Å². The van der Waals surface area contributed by atoms with Crippen LogP contribution in [0.3, 0.4) is 0 Å². The fourth-order valence-corrected chi connectivity index (χ4v) is 4.47. The molecule has 204 valence electrons. The maximum absolute atomic E-state index is 12.9. The molecular formula is C31H35N3O5. The Hall–Kier alpha value is -4.10. The molecule has 1 aliphatic heterocycles. The number of benzene rings is 3. The lowest BCUT2D eigenvalue weighted by Crippen LogP contribution is -2.46. The number of hydrogen-bond acceptors (Lipinski definition) is 7. The summed E-state index contributed by atoms with van der Waals surface area (Å²) in [5, 5.41) is 1.20. The van der Waals surface area contributed by atoms with E-state index in [1.165, 1.54) is 16.7 Å². The molecule has 0 aliphatic carbocycles. The predicted octanol–water partition coefficient (Wildman–Crippen LogP) is 4.87. The zero-order chi connectivity index (χ0) is 27.3. The van der Waals surface area contributed by atoms with Crippen molar-refractivity contribution in [3.63, 3.8) is 0 Å². The lowest BCUT2D eigenvalue weighted by molar-refractivity contribution is -0.142. The number of methoxy groups -OCH3 is 1. The first-order valence-corrected chi connectivity index (χ1v) is 13.1. The Kier molecular flexibility index (Phi) is 10.6. The Morgan fingerprint density at radius 1 is 0.923 bits per heavy atom. The average molecular weight is 530 g/mol. The zero-order valence-corrected chi connectivity index (χ0v) is 22.3. The number of carbonyl (C=O) groups is 1. The Morgan fingerprint density at radius 3 is 2.28 bits per heavy atom. The van der Waals surface area contributed by atoms with E-state index in [1.54, 1.807) is 13.1 Å². The van der Waals surface area contributed by atoms with Crippen LogP contribution in [-0.2, 0) is 34.1 Å². The second-order valence-corrected chi connectivity index (χ2v) is 9.28. The van der Waals surface area contributed by atoms with Gasteiger partial charge in [-0.2, -0.15) is 5.06 Å². The molecule has 0 atom stereocenters. The molecule has 1 amide bonds. The SMILES string of the molecule is COc1ccc(CN(OCCC=C=O)C(=O)OCc2ccccc2)cc1N1CCN(Cc2ccccc2)CC1. The van der Waals surface area contributed by atoms with Crippen LogP contribution in [0.5, 0.6) is 5.75 Å². The molecule has 0 radical (unpaired) electrons. The summed E-state index contributed by atoms with van der Waals surface area (Å²) in [6.07, 6.45) is 1.07. The van der Waals surface area contributed by atoms with E-state index in [4.69, 9.17) is 14.3 Å². The first kappa shape index (κ1) is 27.9. The molecule has 3 aromatic rings. The van der Waals surface area contributed by atoms with Crippen LogP contribution in [0.15, 0.2) is 84.9 Å². The number of amides is 1. The van der Waals surface area contributed by atoms with Crippen LogP contribution >= 0.6 is 0 Å². The number of ether oxygens (including phenoxy) is 2. The Bertz CT molecular complexity index is 1220. The molecule has 0 saturated carbocycles. The Balaban J connectivity index is 1.42. The molecule has 1 fully saturated rings. The highest BCUT2D eigenvalue weighted by atomic mass is 16.7. The average Bonchev–Trinajstić information content (AvgIpc) is 2.99. The number of nitrogens with zero attached hydrogens (tertiary/aromatic N) is 3. The van der Waals surface area contributed by atoms with Crippen molar-refractivity contribution >= 4 is 17.7 Å². The summed E-state index contributed by atoms with van der Waals surface area (Å²) in [4.78, 5) is 33.9. The number of hydroxylamine groups is 2. The number of carbonyl (C=O) groups excluding carboxylic acids is 2. The van der Waals surface area contributed by atoms with E-state index in [9.17, 15) is 9.59 Å². The van der Waals surface area contributed by atoms with E-state index < -0.39 is 6.09 Å². The van der Waals surface area contributed by atoms with Crippen molar-refractivity contribution in [2.24, 2.45) is 0 Å². The fraction of sp³-hybridized carbons (Fsp3) is 0.323. The van der Waals surface area contributed by atoms with E-state index in [1.807, 2.05) is 54.6 Å². The number of piperazine rings is 1. The number of rotatable bonds is 12. The zero-order valence-electron chi connectivity index (χ0n) is 22.3. The van der Waals surface area contributed by atoms with Crippen LogP contribution < -0.4 is 9.64 Å². The smallest absolute Gasteiger partial charge is 0.434 e. The lowest BCUT2D eigenvalue weighted by Gasteiger charge is -2.37. The minimum Gasteiger partial charge on any atom is -0.495 e. The Morgan fingerprint density at radius 2 is 1.62 bits per heavy atom. The highest BCUT2D eigenvalue weighted by molar-refractivity contribution is 5.67. The van der Waals surface area contributed by atoms with E-state index >= 15 is 0 Å². The summed E-state index contributed by atoms with van der Waals surface area (Å²) in [7, 11) is 1.67. The third kappa shape index (κ3) is 8.45. The molecule has 0 bridgehead atoms. The van der Waals surface area contributed by atoms with Gasteiger partial charge >= 0.3 is 6.09 Å². The summed E-state index contributed by atoms with van der Waals surface area (Å²) in [5.74, 6) is 2.51.